The number of halogens is 2. The van der Waals surface area contributed by atoms with Crippen LogP contribution in [0.2, 0.25) is 0 Å². The van der Waals surface area contributed by atoms with Crippen LogP contribution in [0.15, 0.2) is 24.3 Å². The van der Waals surface area contributed by atoms with Gasteiger partial charge in [-0.05, 0) is 63.0 Å². The van der Waals surface area contributed by atoms with Crippen molar-refractivity contribution < 1.29 is 4.79 Å². The summed E-state index contributed by atoms with van der Waals surface area (Å²) in [5, 5.41) is 6.43. The predicted octanol–water partition coefficient (Wildman–Crippen LogP) is 3.38. The molecule has 25 heavy (non-hydrogen) atoms. The molecule has 0 spiro atoms. The molecule has 0 bridgehead atoms. The summed E-state index contributed by atoms with van der Waals surface area (Å²) in [5.41, 5.74) is 2.48. The maximum atomic E-state index is 12.0. The summed E-state index contributed by atoms with van der Waals surface area (Å²) in [6.07, 6.45) is 4.10. The maximum Gasteiger partial charge on any atom is 0.220 e. The van der Waals surface area contributed by atoms with Gasteiger partial charge in [0, 0.05) is 19.5 Å². The average Bonchev–Trinajstić information content (AvgIpc) is 2.59. The van der Waals surface area contributed by atoms with Gasteiger partial charge in [-0.2, -0.15) is 0 Å². The van der Waals surface area contributed by atoms with E-state index in [0.29, 0.717) is 13.0 Å². The average molecular weight is 390 g/mol. The predicted molar refractivity (Wildman–Crippen MR) is 110 cm³/mol. The lowest BCUT2D eigenvalue weighted by atomic mass is 9.93. The molecule has 0 saturated carbocycles. The van der Waals surface area contributed by atoms with Crippen molar-refractivity contribution in [3.8, 4) is 0 Å². The summed E-state index contributed by atoms with van der Waals surface area (Å²) in [4.78, 5) is 14.3. The number of hydrogen-bond donors (Lipinski definition) is 2. The highest BCUT2D eigenvalue weighted by molar-refractivity contribution is 5.85. The number of benzene rings is 1. The zero-order chi connectivity index (χ0) is 16.5. The molecular weight excluding hydrogens is 357 g/mol. The number of rotatable bonds is 8. The van der Waals surface area contributed by atoms with Crippen molar-refractivity contribution in [2.24, 2.45) is 5.92 Å². The molecular formula is C19H33Cl2N3O. The maximum absolute atomic E-state index is 12.0. The molecule has 0 radical (unpaired) electrons. The highest BCUT2D eigenvalue weighted by atomic mass is 35.5. The van der Waals surface area contributed by atoms with Crippen LogP contribution in [-0.4, -0.2) is 37.5 Å². The minimum Gasteiger partial charge on any atom is -0.352 e. The number of carbonyl (C=O) groups is 1. The molecule has 4 nitrogen and oxygen atoms in total. The lowest BCUT2D eigenvalue weighted by Crippen LogP contribution is -2.29. The summed E-state index contributed by atoms with van der Waals surface area (Å²) in [7, 11) is 2.12. The lowest BCUT2D eigenvalue weighted by molar-refractivity contribution is -0.121. The molecule has 1 aliphatic rings. The van der Waals surface area contributed by atoms with Crippen LogP contribution in [0.5, 0.6) is 0 Å². The normalized spacial score (nSPS) is 14.5. The summed E-state index contributed by atoms with van der Waals surface area (Å²) in [6, 6.07) is 8.51. The Balaban J connectivity index is 0.00000288. The highest BCUT2D eigenvalue weighted by Gasteiger charge is 2.14. The zero-order valence-electron chi connectivity index (χ0n) is 15.4. The third-order valence-corrected chi connectivity index (χ3v) is 4.71. The molecule has 1 fully saturated rings. The number of nitrogens with one attached hydrogen (secondary N) is 2. The van der Waals surface area contributed by atoms with E-state index >= 15 is 0 Å². The molecule has 144 valence electrons. The minimum atomic E-state index is 0. The van der Waals surface area contributed by atoms with E-state index < -0.39 is 0 Å². The summed E-state index contributed by atoms with van der Waals surface area (Å²) in [6.45, 7) is 6.99. The van der Waals surface area contributed by atoms with Gasteiger partial charge < -0.3 is 15.5 Å². The van der Waals surface area contributed by atoms with Crippen molar-refractivity contribution >= 4 is 30.7 Å². The number of hydrogen-bond acceptors (Lipinski definition) is 3. The van der Waals surface area contributed by atoms with Gasteiger partial charge >= 0.3 is 0 Å². The van der Waals surface area contributed by atoms with Gasteiger partial charge in [-0.3, -0.25) is 4.79 Å². The van der Waals surface area contributed by atoms with Crippen LogP contribution in [0, 0.1) is 5.92 Å². The summed E-state index contributed by atoms with van der Waals surface area (Å²) >= 11 is 0. The standard InChI is InChI=1S/C19H31N3O.2ClH/c1-3-22(2)15-18-6-4-5-17(13-18)14-21-19(23)8-7-16-9-11-20-12-10-16;;/h4-6,13,16,20H,3,7-12,14-15H2,1-2H3,(H,21,23);2*1H. The number of piperidine rings is 1. The van der Waals surface area contributed by atoms with Crippen molar-refractivity contribution in [3.63, 3.8) is 0 Å². The summed E-state index contributed by atoms with van der Waals surface area (Å²) in [5.74, 6) is 0.898. The van der Waals surface area contributed by atoms with Crippen LogP contribution in [0.3, 0.4) is 0 Å². The topological polar surface area (TPSA) is 44.4 Å². The molecule has 1 heterocycles. The van der Waals surface area contributed by atoms with Gasteiger partial charge in [0.2, 0.25) is 5.91 Å². The first-order chi connectivity index (χ1) is 11.2. The molecule has 1 aromatic rings. The fourth-order valence-corrected chi connectivity index (χ4v) is 3.06. The molecule has 6 heteroatoms. The Kier molecular flexibility index (Phi) is 13.0. The van der Waals surface area contributed by atoms with Crippen molar-refractivity contribution in [2.45, 2.75) is 45.7 Å². The third-order valence-electron chi connectivity index (χ3n) is 4.71. The van der Waals surface area contributed by atoms with E-state index in [4.69, 9.17) is 0 Å². The highest BCUT2D eigenvalue weighted by Crippen LogP contribution is 2.17. The second-order valence-corrected chi connectivity index (χ2v) is 6.66. The smallest absolute Gasteiger partial charge is 0.220 e. The molecule has 1 aliphatic heterocycles. The second-order valence-electron chi connectivity index (χ2n) is 6.66. The van der Waals surface area contributed by atoms with Crippen molar-refractivity contribution in [1.82, 2.24) is 15.5 Å². The first-order valence-electron chi connectivity index (χ1n) is 8.91. The molecule has 1 aromatic carbocycles. The van der Waals surface area contributed by atoms with Crippen LogP contribution in [0.4, 0.5) is 0 Å². The van der Waals surface area contributed by atoms with E-state index in [9.17, 15) is 4.79 Å². The largest absolute Gasteiger partial charge is 0.352 e. The molecule has 0 atom stereocenters. The van der Waals surface area contributed by atoms with E-state index in [1.54, 1.807) is 0 Å². The van der Waals surface area contributed by atoms with E-state index in [1.807, 2.05) is 0 Å². The second kappa shape index (κ2) is 13.4. The van der Waals surface area contributed by atoms with Crippen molar-refractivity contribution in [3.05, 3.63) is 35.4 Å². The van der Waals surface area contributed by atoms with Crippen LogP contribution >= 0.6 is 24.8 Å². The van der Waals surface area contributed by atoms with E-state index in [2.05, 4.69) is 53.8 Å². The third kappa shape index (κ3) is 9.45. The SMILES string of the molecule is CCN(C)Cc1cccc(CNC(=O)CCC2CCNCC2)c1.Cl.Cl. The zero-order valence-corrected chi connectivity index (χ0v) is 17.1. The number of amides is 1. The van der Waals surface area contributed by atoms with Crippen molar-refractivity contribution in [2.75, 3.05) is 26.7 Å². The molecule has 0 aliphatic carbocycles. The number of nitrogens with zero attached hydrogens (tertiary/aromatic N) is 1. The summed E-state index contributed by atoms with van der Waals surface area (Å²) < 4.78 is 0. The van der Waals surface area contributed by atoms with Crippen LogP contribution in [0.25, 0.3) is 0 Å². The van der Waals surface area contributed by atoms with Gasteiger partial charge in [0.1, 0.15) is 0 Å². The minimum absolute atomic E-state index is 0. The quantitative estimate of drug-likeness (QED) is 0.715. The van der Waals surface area contributed by atoms with Crippen molar-refractivity contribution in [1.29, 1.82) is 0 Å². The molecule has 0 unspecified atom stereocenters. The monoisotopic (exact) mass is 389 g/mol. The molecule has 2 rings (SSSR count). The van der Waals surface area contributed by atoms with E-state index in [0.717, 1.165) is 38.5 Å². The van der Waals surface area contributed by atoms with Gasteiger partial charge in [0.25, 0.3) is 0 Å². The van der Waals surface area contributed by atoms with E-state index in [1.165, 1.54) is 24.0 Å². The van der Waals surface area contributed by atoms with E-state index in [-0.39, 0.29) is 30.7 Å². The molecule has 1 amide bonds. The Hall–Kier alpha value is -0.810. The molecule has 1 saturated heterocycles. The Morgan fingerprint density at radius 1 is 1.24 bits per heavy atom. The Bertz CT molecular complexity index is 493. The van der Waals surface area contributed by atoms with Gasteiger partial charge in [0.05, 0.1) is 0 Å². The van der Waals surface area contributed by atoms with Gasteiger partial charge in [-0.15, -0.1) is 24.8 Å². The molecule has 0 aromatic heterocycles. The van der Waals surface area contributed by atoms with Gasteiger partial charge in [-0.1, -0.05) is 31.2 Å². The number of carbonyl (C=O) groups excluding carboxylic acids is 1. The lowest BCUT2D eigenvalue weighted by Gasteiger charge is -2.22. The molecule has 2 N–H and O–H groups in total. The van der Waals surface area contributed by atoms with Gasteiger partial charge in [0.15, 0.2) is 0 Å². The fraction of sp³-hybridized carbons (Fsp3) is 0.632. The Morgan fingerprint density at radius 2 is 1.92 bits per heavy atom. The van der Waals surface area contributed by atoms with Gasteiger partial charge in [-0.25, -0.2) is 0 Å². The van der Waals surface area contributed by atoms with Crippen LogP contribution in [0.1, 0.15) is 43.7 Å². The van der Waals surface area contributed by atoms with Crippen LogP contribution < -0.4 is 10.6 Å². The Labute approximate surface area is 164 Å². The Morgan fingerprint density at radius 3 is 2.60 bits per heavy atom. The first-order valence-corrected chi connectivity index (χ1v) is 8.91. The first kappa shape index (κ1) is 24.2. The fourth-order valence-electron chi connectivity index (χ4n) is 3.06. The van der Waals surface area contributed by atoms with Crippen LogP contribution in [-0.2, 0) is 17.9 Å².